The lowest BCUT2D eigenvalue weighted by atomic mass is 9.70. The number of halogens is 1. The minimum atomic E-state index is -3.38. The van der Waals surface area contributed by atoms with E-state index < -0.39 is 37.0 Å². The predicted molar refractivity (Wildman–Crippen MR) is 196 cm³/mol. The van der Waals surface area contributed by atoms with Crippen molar-refractivity contribution < 1.29 is 31.7 Å². The highest BCUT2D eigenvalue weighted by Gasteiger charge is 2.42. The first-order valence-electron chi connectivity index (χ1n) is 17.2. The van der Waals surface area contributed by atoms with Crippen molar-refractivity contribution in [2.75, 3.05) is 55.2 Å². The first-order valence-corrected chi connectivity index (χ1v) is 21.5. The first kappa shape index (κ1) is 37.5. The van der Waals surface area contributed by atoms with Gasteiger partial charge >= 0.3 is 0 Å². The quantitative estimate of drug-likeness (QED) is 0.298. The number of benzene rings is 2. The number of hydrogen-bond donors (Lipinski definition) is 0. The number of allylic oxidation sites excluding steroid dienone is 1. The monoisotopic (exact) mass is 732 g/mol. The Bertz CT molecular complexity index is 1820. The second-order valence-electron chi connectivity index (χ2n) is 14.0. The zero-order valence-corrected chi connectivity index (χ0v) is 31.4. The van der Waals surface area contributed by atoms with Gasteiger partial charge in [-0.25, -0.2) is 12.6 Å². The van der Waals surface area contributed by atoms with Crippen molar-refractivity contribution in [1.82, 2.24) is 0 Å². The lowest BCUT2D eigenvalue weighted by Gasteiger charge is -2.42. The van der Waals surface area contributed by atoms with Crippen LogP contribution in [0.4, 0.5) is 5.69 Å². The van der Waals surface area contributed by atoms with E-state index in [1.54, 1.807) is 25.3 Å². The Kier molecular flexibility index (Phi) is 12.0. The molecule has 268 valence electrons. The van der Waals surface area contributed by atoms with Crippen LogP contribution in [0, 0.1) is 11.8 Å². The Hall–Kier alpha value is -2.73. The van der Waals surface area contributed by atoms with Crippen LogP contribution in [0.1, 0.15) is 73.9 Å². The molecule has 0 unspecified atom stereocenters. The predicted octanol–water partition coefficient (Wildman–Crippen LogP) is 6.45. The molecule has 0 saturated carbocycles. The van der Waals surface area contributed by atoms with Gasteiger partial charge in [-0.15, -0.1) is 0 Å². The van der Waals surface area contributed by atoms with Crippen LogP contribution >= 0.6 is 11.6 Å². The SMILES string of the molecule is CC[C@H]1CN2C[C@@]3(CCCc4cc(Cl)ccc43)COc3ccc(cc32)C(=O)N=[S@](=O)(CC(=O)CCS(C)(=O)=O)CCC/C=C/[C@H](OC)[C@@H]1C. The van der Waals surface area contributed by atoms with Crippen LogP contribution in [-0.4, -0.2) is 80.7 Å². The standard InChI is InChI=1S/C37H49ClN2O7S2/c1-5-27-22-40-24-37(17-9-10-28-20-30(38)13-14-32(28)37)25-47-35-15-12-29(21-33(35)40)36(42)39-49(45,23-31(41)16-19-48(4,43)44)18-8-6-7-11-34(46-3)26(27)2/h7,11-15,20-21,26-27,34H,5-6,8-10,16-19,22-25H2,1-4H3/b11-7+/t26-,27+,34+,37+,49-/m1/s1. The Morgan fingerprint density at radius 3 is 2.73 bits per heavy atom. The molecule has 2 aromatic rings. The van der Waals surface area contributed by atoms with Crippen LogP contribution in [0.25, 0.3) is 0 Å². The van der Waals surface area contributed by atoms with Crippen molar-refractivity contribution >= 4 is 48.5 Å². The van der Waals surface area contributed by atoms with Gasteiger partial charge in [0.1, 0.15) is 21.4 Å². The van der Waals surface area contributed by atoms with Crippen molar-refractivity contribution in [3.8, 4) is 5.75 Å². The third-order valence-electron chi connectivity index (χ3n) is 10.3. The molecule has 1 aliphatic carbocycles. The summed E-state index contributed by atoms with van der Waals surface area (Å²) >= 11 is 6.44. The van der Waals surface area contributed by atoms with Crippen molar-refractivity contribution in [2.45, 2.75) is 70.3 Å². The molecule has 2 aliphatic heterocycles. The molecule has 49 heavy (non-hydrogen) atoms. The van der Waals surface area contributed by atoms with Crippen LogP contribution in [0.15, 0.2) is 52.9 Å². The molecule has 12 heteroatoms. The second-order valence-corrected chi connectivity index (χ2v) is 19.1. The summed E-state index contributed by atoms with van der Waals surface area (Å²) in [4.78, 5) is 29.0. The zero-order valence-electron chi connectivity index (χ0n) is 29.0. The number of carbonyl (C=O) groups is 2. The molecular weight excluding hydrogens is 684 g/mol. The topological polar surface area (TPSA) is 119 Å². The normalized spacial score (nSPS) is 28.6. The average Bonchev–Trinajstić information content (AvgIpc) is 3.20. The summed E-state index contributed by atoms with van der Waals surface area (Å²) in [5.74, 6) is -0.855. The van der Waals surface area contributed by atoms with Gasteiger partial charge in [0, 0.05) is 54.6 Å². The number of anilines is 1. The largest absolute Gasteiger partial charge is 0.490 e. The number of rotatable bonds is 7. The molecule has 5 rings (SSSR count). The van der Waals surface area contributed by atoms with Gasteiger partial charge in [-0.3, -0.25) is 9.59 Å². The number of ether oxygens (including phenoxy) is 2. The molecular formula is C37H49ClN2O7S2. The average molecular weight is 733 g/mol. The summed E-state index contributed by atoms with van der Waals surface area (Å²) in [6, 6.07) is 11.4. The maximum atomic E-state index is 14.2. The number of Topliss-reactive ketones (excluding diaryl/α,β-unsaturated/α-hetero) is 1. The fourth-order valence-electron chi connectivity index (χ4n) is 7.57. The van der Waals surface area contributed by atoms with Gasteiger partial charge in [0.05, 0.1) is 39.6 Å². The Morgan fingerprint density at radius 1 is 1.20 bits per heavy atom. The summed E-state index contributed by atoms with van der Waals surface area (Å²) < 4.78 is 54.3. The molecule has 3 aliphatic rings. The van der Waals surface area contributed by atoms with Crippen molar-refractivity contribution in [3.05, 3.63) is 70.3 Å². The summed E-state index contributed by atoms with van der Waals surface area (Å²) in [6.45, 7) is 6.26. The highest BCUT2D eigenvalue weighted by Crippen LogP contribution is 2.45. The summed E-state index contributed by atoms with van der Waals surface area (Å²) in [7, 11) is -4.98. The zero-order chi connectivity index (χ0) is 35.4. The Morgan fingerprint density at radius 2 is 2.00 bits per heavy atom. The number of amides is 1. The molecule has 0 N–H and O–H groups in total. The number of hydrogen-bond acceptors (Lipinski definition) is 8. The maximum Gasteiger partial charge on any atom is 0.285 e. The Balaban J connectivity index is 1.59. The van der Waals surface area contributed by atoms with E-state index in [2.05, 4.69) is 41.3 Å². The molecule has 2 bridgehead atoms. The molecule has 0 radical (unpaired) electrons. The minimum absolute atomic E-state index is 0.0323. The summed E-state index contributed by atoms with van der Waals surface area (Å²) in [5.41, 5.74) is 3.22. The fourth-order valence-corrected chi connectivity index (χ4v) is 10.3. The third-order valence-corrected chi connectivity index (χ3v) is 13.7. The first-order chi connectivity index (χ1) is 23.2. The van der Waals surface area contributed by atoms with Crippen LogP contribution in [0.2, 0.25) is 5.02 Å². The van der Waals surface area contributed by atoms with Gasteiger partial charge in [0.25, 0.3) is 5.91 Å². The van der Waals surface area contributed by atoms with Crippen molar-refractivity contribution in [1.29, 1.82) is 0 Å². The molecule has 2 aromatic carbocycles. The molecule has 2 heterocycles. The van der Waals surface area contributed by atoms with Gasteiger partial charge in [0.2, 0.25) is 0 Å². The Labute approximate surface area is 296 Å². The van der Waals surface area contributed by atoms with Crippen molar-refractivity contribution in [2.24, 2.45) is 16.2 Å². The van der Waals surface area contributed by atoms with E-state index in [9.17, 15) is 22.2 Å². The maximum absolute atomic E-state index is 14.2. The fraction of sp³-hybridized carbons (Fsp3) is 0.568. The van der Waals surface area contributed by atoms with E-state index >= 15 is 0 Å². The molecule has 1 spiro atoms. The molecule has 5 atom stereocenters. The molecule has 0 saturated heterocycles. The number of aryl methyl sites for hydroxylation is 1. The number of carbonyl (C=O) groups excluding carboxylic acids is 2. The van der Waals surface area contributed by atoms with Gasteiger partial charge in [-0.2, -0.15) is 4.36 Å². The highest BCUT2D eigenvalue weighted by atomic mass is 35.5. The van der Waals surface area contributed by atoms with E-state index in [1.165, 1.54) is 11.1 Å². The number of ketones is 1. The van der Waals surface area contributed by atoms with Gasteiger partial charge in [-0.1, -0.05) is 50.1 Å². The van der Waals surface area contributed by atoms with E-state index in [1.807, 2.05) is 12.1 Å². The molecule has 9 nitrogen and oxygen atoms in total. The van der Waals surface area contributed by atoms with Gasteiger partial charge < -0.3 is 14.4 Å². The number of sulfone groups is 1. The van der Waals surface area contributed by atoms with Crippen LogP contribution < -0.4 is 9.64 Å². The minimum Gasteiger partial charge on any atom is -0.490 e. The molecule has 1 amide bonds. The second kappa shape index (κ2) is 15.7. The van der Waals surface area contributed by atoms with Crippen LogP contribution in [-0.2, 0) is 40.9 Å². The molecule has 0 aromatic heterocycles. The third kappa shape index (κ3) is 9.15. The lowest BCUT2D eigenvalue weighted by molar-refractivity contribution is -0.116. The smallest absolute Gasteiger partial charge is 0.285 e. The number of nitrogens with zero attached hydrogens (tertiary/aromatic N) is 2. The van der Waals surface area contributed by atoms with Gasteiger partial charge in [0.15, 0.2) is 0 Å². The summed E-state index contributed by atoms with van der Waals surface area (Å²) in [5, 5.41) is 0.720. The summed E-state index contributed by atoms with van der Waals surface area (Å²) in [6.07, 6.45) is 9.53. The van der Waals surface area contributed by atoms with E-state index in [0.29, 0.717) is 38.3 Å². The van der Waals surface area contributed by atoms with E-state index in [4.69, 9.17) is 21.1 Å². The van der Waals surface area contributed by atoms with Crippen molar-refractivity contribution in [3.63, 3.8) is 0 Å². The lowest BCUT2D eigenvalue weighted by Crippen LogP contribution is -2.47. The number of fused-ring (bicyclic) bond motifs is 3. The van der Waals surface area contributed by atoms with E-state index in [-0.39, 0.29) is 46.8 Å². The van der Waals surface area contributed by atoms with Gasteiger partial charge in [-0.05, 0) is 85.4 Å². The highest BCUT2D eigenvalue weighted by molar-refractivity contribution is 7.94. The van der Waals surface area contributed by atoms with Crippen LogP contribution in [0.5, 0.6) is 5.75 Å². The molecule has 0 fully saturated rings. The van der Waals surface area contributed by atoms with E-state index in [0.717, 1.165) is 42.6 Å². The van der Waals surface area contributed by atoms with Crippen LogP contribution in [0.3, 0.4) is 0 Å². The number of methoxy groups -OCH3 is 1.